The van der Waals surface area contributed by atoms with Crippen LogP contribution in [0, 0.1) is 12.8 Å². The van der Waals surface area contributed by atoms with Gasteiger partial charge in [-0.25, -0.2) is 4.98 Å². The van der Waals surface area contributed by atoms with Crippen LogP contribution in [0.15, 0.2) is 36.5 Å². The minimum Gasteiger partial charge on any atom is -0.357 e. The fourth-order valence-electron chi connectivity index (χ4n) is 4.46. The average Bonchev–Trinajstić information content (AvgIpc) is 2.95. The first-order valence-corrected chi connectivity index (χ1v) is 10.5. The Morgan fingerprint density at radius 2 is 1.83 bits per heavy atom. The number of amides is 1. The van der Waals surface area contributed by atoms with Gasteiger partial charge in [-0.05, 0) is 62.8 Å². The van der Waals surface area contributed by atoms with Gasteiger partial charge >= 0.3 is 6.18 Å². The first kappa shape index (κ1) is 20.7. The van der Waals surface area contributed by atoms with E-state index in [9.17, 15) is 18.0 Å². The fraction of sp³-hybridized carbons (Fsp3) is 0.478. The largest absolute Gasteiger partial charge is 0.416 e. The summed E-state index contributed by atoms with van der Waals surface area (Å²) in [7, 11) is 0. The number of halogens is 3. The van der Waals surface area contributed by atoms with Gasteiger partial charge in [0.2, 0.25) is 5.91 Å². The number of nitrogens with zero attached hydrogens (tertiary/aromatic N) is 3. The smallest absolute Gasteiger partial charge is 0.357 e. The molecular weight excluding hydrogens is 391 g/mol. The van der Waals surface area contributed by atoms with Crippen LogP contribution < -0.4 is 9.80 Å². The molecule has 1 amide bonds. The van der Waals surface area contributed by atoms with Gasteiger partial charge in [0, 0.05) is 37.4 Å². The molecule has 1 fully saturated rings. The van der Waals surface area contributed by atoms with E-state index < -0.39 is 11.7 Å². The van der Waals surface area contributed by atoms with Gasteiger partial charge in [-0.15, -0.1) is 0 Å². The zero-order valence-electron chi connectivity index (χ0n) is 17.1. The van der Waals surface area contributed by atoms with Crippen LogP contribution in [0.2, 0.25) is 0 Å². The zero-order chi connectivity index (χ0) is 21.3. The van der Waals surface area contributed by atoms with Crippen LogP contribution in [-0.2, 0) is 17.4 Å². The number of pyridine rings is 1. The molecule has 4 rings (SSSR count). The summed E-state index contributed by atoms with van der Waals surface area (Å²) in [5.41, 5.74) is 2.75. The highest BCUT2D eigenvalue weighted by atomic mass is 19.4. The number of aromatic nitrogens is 1. The van der Waals surface area contributed by atoms with Gasteiger partial charge in [0.1, 0.15) is 5.82 Å². The molecule has 30 heavy (non-hydrogen) atoms. The third kappa shape index (κ3) is 4.30. The number of fused-ring (bicyclic) bond motifs is 1. The Morgan fingerprint density at radius 1 is 1.07 bits per heavy atom. The van der Waals surface area contributed by atoms with Crippen LogP contribution in [0.3, 0.4) is 0 Å². The van der Waals surface area contributed by atoms with Gasteiger partial charge in [-0.3, -0.25) is 4.79 Å². The van der Waals surface area contributed by atoms with Crippen LogP contribution in [0.1, 0.15) is 42.4 Å². The number of carbonyl (C=O) groups is 1. The van der Waals surface area contributed by atoms with Crippen molar-refractivity contribution >= 4 is 17.4 Å². The Labute approximate surface area is 174 Å². The molecule has 2 aromatic rings. The predicted octanol–water partition coefficient (Wildman–Crippen LogP) is 4.99. The SMILES string of the molecule is Cc1ccc2c(c1)CCCCN2C(=O)C1CCN(c2cc(C(F)(F)F)ccn2)CC1. The highest BCUT2D eigenvalue weighted by molar-refractivity contribution is 5.96. The van der Waals surface area contributed by atoms with Crippen molar-refractivity contribution in [3.8, 4) is 0 Å². The summed E-state index contributed by atoms with van der Waals surface area (Å²) in [6.07, 6.45) is 1.09. The third-order valence-electron chi connectivity index (χ3n) is 6.11. The molecule has 0 spiro atoms. The third-order valence-corrected chi connectivity index (χ3v) is 6.11. The van der Waals surface area contributed by atoms with Crippen molar-refractivity contribution in [3.05, 3.63) is 53.2 Å². The van der Waals surface area contributed by atoms with Crippen molar-refractivity contribution in [3.63, 3.8) is 0 Å². The number of piperidine rings is 1. The van der Waals surface area contributed by atoms with E-state index in [0.717, 1.165) is 43.6 Å². The van der Waals surface area contributed by atoms with Crippen LogP contribution in [0.25, 0.3) is 0 Å². The molecule has 0 saturated carbocycles. The maximum absolute atomic E-state index is 13.3. The van der Waals surface area contributed by atoms with Crippen LogP contribution in [-0.4, -0.2) is 30.5 Å². The highest BCUT2D eigenvalue weighted by Gasteiger charge is 2.33. The lowest BCUT2D eigenvalue weighted by atomic mass is 9.94. The second-order valence-corrected chi connectivity index (χ2v) is 8.24. The Balaban J connectivity index is 1.45. The van der Waals surface area contributed by atoms with E-state index in [-0.39, 0.29) is 11.8 Å². The van der Waals surface area contributed by atoms with Crippen LogP contribution >= 0.6 is 0 Å². The van der Waals surface area contributed by atoms with E-state index in [0.29, 0.717) is 31.7 Å². The fourth-order valence-corrected chi connectivity index (χ4v) is 4.46. The summed E-state index contributed by atoms with van der Waals surface area (Å²) < 4.78 is 39.0. The molecule has 1 saturated heterocycles. The lowest BCUT2D eigenvalue weighted by molar-refractivity contribution is -0.137. The molecule has 4 nitrogen and oxygen atoms in total. The number of hydrogen-bond donors (Lipinski definition) is 0. The number of benzene rings is 1. The summed E-state index contributed by atoms with van der Waals surface area (Å²) in [5, 5.41) is 0. The van der Waals surface area contributed by atoms with Gasteiger partial charge in [0.15, 0.2) is 0 Å². The van der Waals surface area contributed by atoms with Gasteiger partial charge in [0.25, 0.3) is 0 Å². The molecule has 0 unspecified atom stereocenters. The Bertz CT molecular complexity index is 920. The molecule has 7 heteroatoms. The molecule has 2 aliphatic heterocycles. The van der Waals surface area contributed by atoms with Gasteiger partial charge in [-0.2, -0.15) is 13.2 Å². The number of carbonyl (C=O) groups excluding carboxylic acids is 1. The summed E-state index contributed by atoms with van der Waals surface area (Å²) in [6.45, 7) is 3.85. The standard InChI is InChI=1S/C23H26F3N3O/c1-16-5-6-20-18(14-16)4-2-3-11-29(20)22(30)17-8-12-28(13-9-17)21-15-19(7-10-27-21)23(24,25)26/h5-7,10,14-15,17H,2-4,8-9,11-13H2,1H3. The molecule has 0 aliphatic carbocycles. The van der Waals surface area contributed by atoms with Crippen molar-refractivity contribution < 1.29 is 18.0 Å². The van der Waals surface area contributed by atoms with Gasteiger partial charge in [-0.1, -0.05) is 17.7 Å². The number of alkyl halides is 3. The first-order valence-electron chi connectivity index (χ1n) is 10.5. The maximum atomic E-state index is 13.3. The molecular formula is C23H26F3N3O. The number of anilines is 2. The predicted molar refractivity (Wildman–Crippen MR) is 111 cm³/mol. The Kier molecular flexibility index (Phi) is 5.71. The summed E-state index contributed by atoms with van der Waals surface area (Å²) in [5.74, 6) is 0.351. The quantitative estimate of drug-likeness (QED) is 0.690. The van der Waals surface area contributed by atoms with Crippen LogP contribution in [0.5, 0.6) is 0 Å². The van der Waals surface area contributed by atoms with E-state index in [4.69, 9.17) is 0 Å². The molecule has 3 heterocycles. The minimum atomic E-state index is -4.38. The summed E-state index contributed by atoms with van der Waals surface area (Å²) in [4.78, 5) is 21.2. The normalized spacial score (nSPS) is 18.1. The van der Waals surface area contributed by atoms with Crippen molar-refractivity contribution in [2.24, 2.45) is 5.92 Å². The second kappa shape index (κ2) is 8.28. The molecule has 1 aromatic carbocycles. The Morgan fingerprint density at radius 3 is 2.57 bits per heavy atom. The number of aryl methyl sites for hydroxylation is 2. The topological polar surface area (TPSA) is 36.4 Å². The van der Waals surface area contributed by atoms with E-state index in [1.165, 1.54) is 17.3 Å². The number of hydrogen-bond acceptors (Lipinski definition) is 3. The lowest BCUT2D eigenvalue weighted by Crippen LogP contribution is -2.43. The molecule has 0 atom stereocenters. The van der Waals surface area contributed by atoms with E-state index >= 15 is 0 Å². The van der Waals surface area contributed by atoms with E-state index in [2.05, 4.69) is 24.0 Å². The van der Waals surface area contributed by atoms with Crippen molar-refractivity contribution in [1.29, 1.82) is 0 Å². The summed E-state index contributed by atoms with van der Waals surface area (Å²) >= 11 is 0. The van der Waals surface area contributed by atoms with Gasteiger partial charge in [0.05, 0.1) is 5.56 Å². The van der Waals surface area contributed by atoms with Crippen LogP contribution in [0.4, 0.5) is 24.7 Å². The molecule has 1 aromatic heterocycles. The molecule has 2 aliphatic rings. The molecule has 0 radical (unpaired) electrons. The second-order valence-electron chi connectivity index (χ2n) is 8.24. The monoisotopic (exact) mass is 417 g/mol. The first-order chi connectivity index (χ1) is 14.3. The summed E-state index contributed by atoms with van der Waals surface area (Å²) in [6, 6.07) is 8.35. The Hall–Kier alpha value is -2.57. The molecule has 0 bridgehead atoms. The van der Waals surface area contributed by atoms with Crippen molar-refractivity contribution in [2.45, 2.75) is 45.2 Å². The highest BCUT2D eigenvalue weighted by Crippen LogP contribution is 2.33. The van der Waals surface area contributed by atoms with Gasteiger partial charge < -0.3 is 9.80 Å². The average molecular weight is 417 g/mol. The molecule has 160 valence electrons. The van der Waals surface area contributed by atoms with E-state index in [1.807, 2.05) is 15.9 Å². The number of rotatable bonds is 2. The molecule has 0 N–H and O–H groups in total. The van der Waals surface area contributed by atoms with Crippen molar-refractivity contribution in [1.82, 2.24) is 4.98 Å². The van der Waals surface area contributed by atoms with Crippen molar-refractivity contribution in [2.75, 3.05) is 29.4 Å². The maximum Gasteiger partial charge on any atom is 0.416 e. The minimum absolute atomic E-state index is 0.112. The van der Waals surface area contributed by atoms with E-state index in [1.54, 1.807) is 0 Å². The lowest BCUT2D eigenvalue weighted by Gasteiger charge is -2.35. The zero-order valence-corrected chi connectivity index (χ0v) is 17.1.